The summed E-state index contributed by atoms with van der Waals surface area (Å²) in [6.07, 6.45) is 1.77. The second kappa shape index (κ2) is 8.27. The molecule has 21 heavy (non-hydrogen) atoms. The van der Waals surface area contributed by atoms with Crippen molar-refractivity contribution in [3.8, 4) is 11.5 Å². The normalized spacial score (nSPS) is 10.6. The number of hydrogen-bond donors (Lipinski definition) is 1. The smallest absolute Gasteiger partial charge is 0.126 e. The highest BCUT2D eigenvalue weighted by Crippen LogP contribution is 2.28. The third-order valence-electron chi connectivity index (χ3n) is 2.92. The van der Waals surface area contributed by atoms with Gasteiger partial charge in [0, 0.05) is 10.9 Å². The summed E-state index contributed by atoms with van der Waals surface area (Å²) in [5.41, 5.74) is 6.76. The number of halogens is 1. The second-order valence-corrected chi connectivity index (χ2v) is 6.45. The van der Waals surface area contributed by atoms with E-state index in [1.807, 2.05) is 30.3 Å². The molecular formula is C16H20ClNO2S. The fourth-order valence-corrected chi connectivity index (χ4v) is 2.92. The van der Waals surface area contributed by atoms with Gasteiger partial charge in [0.05, 0.1) is 10.9 Å². The van der Waals surface area contributed by atoms with Crippen molar-refractivity contribution in [1.29, 1.82) is 0 Å². The molecule has 114 valence electrons. The number of hydrogen-bond acceptors (Lipinski definition) is 4. The van der Waals surface area contributed by atoms with Crippen molar-refractivity contribution in [2.45, 2.75) is 26.4 Å². The monoisotopic (exact) mass is 325 g/mol. The van der Waals surface area contributed by atoms with Crippen molar-refractivity contribution >= 4 is 22.9 Å². The largest absolute Gasteiger partial charge is 0.493 e. The maximum absolute atomic E-state index is 5.93. The Morgan fingerprint density at radius 2 is 2.05 bits per heavy atom. The summed E-state index contributed by atoms with van der Waals surface area (Å²) in [5, 5.41) is 0. The number of rotatable bonds is 8. The standard InChI is InChI=1S/C16H20ClNO2S/c1-2-9-19-13-4-3-12(7-8-18)15(10-13)20-11-14-5-6-16(17)21-14/h3-6,10H,2,7-9,11,18H2,1H3. The van der Waals surface area contributed by atoms with Gasteiger partial charge in [0.25, 0.3) is 0 Å². The number of ether oxygens (including phenoxy) is 2. The average Bonchev–Trinajstić information content (AvgIpc) is 2.90. The molecule has 0 fully saturated rings. The van der Waals surface area contributed by atoms with Crippen LogP contribution in [0.2, 0.25) is 4.34 Å². The molecule has 0 bridgehead atoms. The van der Waals surface area contributed by atoms with Crippen LogP contribution in [0, 0.1) is 0 Å². The molecular weight excluding hydrogens is 306 g/mol. The lowest BCUT2D eigenvalue weighted by atomic mass is 10.1. The van der Waals surface area contributed by atoms with Crippen molar-refractivity contribution < 1.29 is 9.47 Å². The molecule has 0 radical (unpaired) electrons. The summed E-state index contributed by atoms with van der Waals surface area (Å²) in [6, 6.07) is 9.79. The Morgan fingerprint density at radius 1 is 1.19 bits per heavy atom. The van der Waals surface area contributed by atoms with E-state index in [1.165, 1.54) is 11.3 Å². The topological polar surface area (TPSA) is 44.5 Å². The molecule has 0 saturated carbocycles. The van der Waals surface area contributed by atoms with Gasteiger partial charge >= 0.3 is 0 Å². The molecule has 0 saturated heterocycles. The molecule has 0 atom stereocenters. The van der Waals surface area contributed by atoms with Crippen LogP contribution in [-0.2, 0) is 13.0 Å². The predicted molar refractivity (Wildman–Crippen MR) is 88.6 cm³/mol. The molecule has 1 heterocycles. The van der Waals surface area contributed by atoms with Gasteiger partial charge < -0.3 is 15.2 Å². The molecule has 1 aromatic heterocycles. The lowest BCUT2D eigenvalue weighted by Gasteiger charge is -2.13. The molecule has 1 aromatic carbocycles. The molecule has 0 aliphatic heterocycles. The third kappa shape index (κ3) is 4.92. The van der Waals surface area contributed by atoms with E-state index < -0.39 is 0 Å². The Kier molecular flexibility index (Phi) is 6.36. The Balaban J connectivity index is 2.09. The summed E-state index contributed by atoms with van der Waals surface area (Å²) in [5.74, 6) is 1.66. The van der Waals surface area contributed by atoms with Gasteiger partial charge in [-0.1, -0.05) is 24.6 Å². The van der Waals surface area contributed by atoms with Crippen LogP contribution < -0.4 is 15.2 Å². The van der Waals surface area contributed by atoms with Crippen LogP contribution in [0.25, 0.3) is 0 Å². The van der Waals surface area contributed by atoms with E-state index in [9.17, 15) is 0 Å². The first-order valence-corrected chi connectivity index (χ1v) is 8.25. The van der Waals surface area contributed by atoms with Crippen LogP contribution in [0.1, 0.15) is 23.8 Å². The number of benzene rings is 1. The molecule has 5 heteroatoms. The molecule has 2 aromatic rings. The molecule has 2 rings (SSSR count). The minimum absolute atomic E-state index is 0.506. The molecule has 2 N–H and O–H groups in total. The molecule has 0 aliphatic carbocycles. The highest BCUT2D eigenvalue weighted by Gasteiger charge is 2.07. The minimum atomic E-state index is 0.506. The van der Waals surface area contributed by atoms with Crippen LogP contribution in [0.5, 0.6) is 11.5 Å². The second-order valence-electron chi connectivity index (χ2n) is 4.65. The maximum Gasteiger partial charge on any atom is 0.126 e. The Morgan fingerprint density at radius 3 is 2.71 bits per heavy atom. The molecule has 3 nitrogen and oxygen atoms in total. The summed E-state index contributed by atoms with van der Waals surface area (Å²) >= 11 is 7.46. The van der Waals surface area contributed by atoms with E-state index in [2.05, 4.69) is 6.92 Å². The van der Waals surface area contributed by atoms with Crippen molar-refractivity contribution in [2.24, 2.45) is 5.73 Å². The van der Waals surface area contributed by atoms with Gasteiger partial charge in [0.1, 0.15) is 18.1 Å². The Bertz CT molecular complexity index is 571. The molecule has 0 aliphatic rings. The van der Waals surface area contributed by atoms with Crippen molar-refractivity contribution in [1.82, 2.24) is 0 Å². The summed E-state index contributed by atoms with van der Waals surface area (Å²) in [7, 11) is 0. The fraction of sp³-hybridized carbons (Fsp3) is 0.375. The van der Waals surface area contributed by atoms with Gasteiger partial charge in [-0.05, 0) is 43.1 Å². The van der Waals surface area contributed by atoms with Crippen molar-refractivity contribution in [3.63, 3.8) is 0 Å². The maximum atomic E-state index is 5.93. The van der Waals surface area contributed by atoms with Crippen LogP contribution in [0.15, 0.2) is 30.3 Å². The summed E-state index contributed by atoms with van der Waals surface area (Å²) in [6.45, 7) is 3.89. The first-order chi connectivity index (χ1) is 10.2. The van der Waals surface area contributed by atoms with E-state index in [4.69, 9.17) is 26.8 Å². The van der Waals surface area contributed by atoms with Gasteiger partial charge in [-0.3, -0.25) is 0 Å². The molecule has 0 amide bonds. The predicted octanol–water partition coefficient (Wildman–Crippen LogP) is 4.27. The van der Waals surface area contributed by atoms with E-state index in [0.717, 1.165) is 39.1 Å². The van der Waals surface area contributed by atoms with E-state index >= 15 is 0 Å². The Hall–Kier alpha value is -1.23. The van der Waals surface area contributed by atoms with E-state index in [0.29, 0.717) is 19.8 Å². The first-order valence-electron chi connectivity index (χ1n) is 7.05. The third-order valence-corrected chi connectivity index (χ3v) is 4.13. The number of nitrogens with two attached hydrogens (primary N) is 1. The zero-order valence-electron chi connectivity index (χ0n) is 12.1. The molecule has 0 spiro atoms. The highest BCUT2D eigenvalue weighted by molar-refractivity contribution is 7.16. The molecule has 0 unspecified atom stereocenters. The summed E-state index contributed by atoms with van der Waals surface area (Å²) < 4.78 is 12.4. The lowest BCUT2D eigenvalue weighted by Crippen LogP contribution is -2.06. The zero-order chi connectivity index (χ0) is 15.1. The Labute approximate surface area is 134 Å². The van der Waals surface area contributed by atoms with Crippen LogP contribution in [-0.4, -0.2) is 13.2 Å². The highest BCUT2D eigenvalue weighted by atomic mass is 35.5. The van der Waals surface area contributed by atoms with Gasteiger partial charge in [-0.2, -0.15) is 0 Å². The fourth-order valence-electron chi connectivity index (χ4n) is 1.92. The van der Waals surface area contributed by atoms with Gasteiger partial charge in [0.2, 0.25) is 0 Å². The SMILES string of the molecule is CCCOc1ccc(CCN)c(OCc2ccc(Cl)s2)c1. The first kappa shape index (κ1) is 16.1. The van der Waals surface area contributed by atoms with Gasteiger partial charge in [-0.25, -0.2) is 0 Å². The van der Waals surface area contributed by atoms with Gasteiger partial charge in [0.15, 0.2) is 0 Å². The lowest BCUT2D eigenvalue weighted by molar-refractivity contribution is 0.294. The van der Waals surface area contributed by atoms with Crippen LogP contribution in [0.4, 0.5) is 0 Å². The van der Waals surface area contributed by atoms with Crippen LogP contribution >= 0.6 is 22.9 Å². The average molecular weight is 326 g/mol. The van der Waals surface area contributed by atoms with Crippen LogP contribution in [0.3, 0.4) is 0 Å². The quantitative estimate of drug-likeness (QED) is 0.788. The number of thiophene rings is 1. The summed E-state index contributed by atoms with van der Waals surface area (Å²) in [4.78, 5) is 1.10. The van der Waals surface area contributed by atoms with E-state index in [-0.39, 0.29) is 0 Å². The zero-order valence-corrected chi connectivity index (χ0v) is 13.7. The van der Waals surface area contributed by atoms with E-state index in [1.54, 1.807) is 0 Å². The van der Waals surface area contributed by atoms with Crippen molar-refractivity contribution in [2.75, 3.05) is 13.2 Å². The van der Waals surface area contributed by atoms with Gasteiger partial charge in [-0.15, -0.1) is 11.3 Å². The minimum Gasteiger partial charge on any atom is -0.493 e. The van der Waals surface area contributed by atoms with Crippen molar-refractivity contribution in [3.05, 3.63) is 45.1 Å².